The maximum Gasteiger partial charge on any atom is 0.338 e. The summed E-state index contributed by atoms with van der Waals surface area (Å²) in [6.07, 6.45) is 2.89. The van der Waals surface area contributed by atoms with Crippen molar-refractivity contribution in [1.29, 1.82) is 0 Å². The van der Waals surface area contributed by atoms with Gasteiger partial charge in [0.1, 0.15) is 0 Å². The lowest BCUT2D eigenvalue weighted by molar-refractivity contribution is -0.126. The van der Waals surface area contributed by atoms with E-state index >= 15 is 0 Å². The predicted octanol–water partition coefficient (Wildman–Crippen LogP) is 1.76. The first kappa shape index (κ1) is 17.6. The molecular formula is C16H14BrN3O4. The van der Waals surface area contributed by atoms with Gasteiger partial charge in [0, 0.05) is 16.9 Å². The van der Waals surface area contributed by atoms with Gasteiger partial charge in [-0.1, -0.05) is 12.1 Å². The number of hydrogen-bond donors (Lipinski definition) is 2. The Morgan fingerprint density at radius 2 is 1.75 bits per heavy atom. The Labute approximate surface area is 146 Å². The lowest BCUT2D eigenvalue weighted by atomic mass is 10.3. The van der Waals surface area contributed by atoms with Crippen molar-refractivity contribution in [1.82, 2.24) is 10.3 Å². The van der Waals surface area contributed by atoms with Crippen molar-refractivity contribution >= 4 is 39.4 Å². The van der Waals surface area contributed by atoms with Crippen molar-refractivity contribution in [2.45, 2.75) is 0 Å². The average molecular weight is 392 g/mol. The molecule has 2 amide bonds. The Balaban J connectivity index is 1.72. The molecule has 0 spiro atoms. The molecule has 0 fully saturated rings. The van der Waals surface area contributed by atoms with Gasteiger partial charge >= 0.3 is 5.97 Å². The molecule has 0 saturated heterocycles. The van der Waals surface area contributed by atoms with Crippen LogP contribution in [0.5, 0.6) is 0 Å². The molecule has 1 aromatic heterocycles. The van der Waals surface area contributed by atoms with Crippen LogP contribution in [0, 0.1) is 0 Å². The van der Waals surface area contributed by atoms with Gasteiger partial charge in [-0.3, -0.25) is 14.6 Å². The topological polar surface area (TPSA) is 97.4 Å². The first-order chi connectivity index (χ1) is 11.6. The number of nitrogens with zero attached hydrogens (tertiary/aromatic N) is 1. The second-order valence-corrected chi connectivity index (χ2v) is 5.47. The molecule has 1 heterocycles. The highest BCUT2D eigenvalue weighted by Crippen LogP contribution is 2.20. The molecule has 0 unspecified atom stereocenters. The van der Waals surface area contributed by atoms with Gasteiger partial charge in [0.05, 0.1) is 17.8 Å². The number of para-hydroxylation sites is 1. The summed E-state index contributed by atoms with van der Waals surface area (Å²) in [5.41, 5.74) is 0.894. The molecule has 0 aliphatic carbocycles. The van der Waals surface area contributed by atoms with Crippen molar-refractivity contribution in [2.24, 2.45) is 0 Å². The molecule has 24 heavy (non-hydrogen) atoms. The zero-order valence-electron chi connectivity index (χ0n) is 12.5. The van der Waals surface area contributed by atoms with E-state index in [0.717, 1.165) is 4.47 Å². The Morgan fingerprint density at radius 1 is 1.04 bits per heavy atom. The molecular weight excluding hydrogens is 378 g/mol. The maximum absolute atomic E-state index is 11.8. The fourth-order valence-electron chi connectivity index (χ4n) is 1.69. The molecule has 0 radical (unpaired) electrons. The summed E-state index contributed by atoms with van der Waals surface area (Å²) in [5.74, 6) is -1.60. The fraction of sp³-hybridized carbons (Fsp3) is 0.125. The van der Waals surface area contributed by atoms with Gasteiger partial charge in [0.2, 0.25) is 5.91 Å². The molecule has 2 N–H and O–H groups in total. The van der Waals surface area contributed by atoms with Gasteiger partial charge in [-0.05, 0) is 40.2 Å². The van der Waals surface area contributed by atoms with Crippen molar-refractivity contribution in [3.05, 3.63) is 58.8 Å². The van der Waals surface area contributed by atoms with Gasteiger partial charge < -0.3 is 15.4 Å². The average Bonchev–Trinajstić information content (AvgIpc) is 2.60. The SMILES string of the molecule is O=C(COC(=O)c1ccncc1)NCC(=O)Nc1ccccc1Br. The Hall–Kier alpha value is -2.74. The second kappa shape index (κ2) is 8.78. The molecule has 124 valence electrons. The third-order valence-corrected chi connectivity index (χ3v) is 3.54. The molecule has 0 saturated carbocycles. The molecule has 0 atom stereocenters. The van der Waals surface area contributed by atoms with E-state index in [1.54, 1.807) is 18.2 Å². The highest BCUT2D eigenvalue weighted by atomic mass is 79.9. The molecule has 2 rings (SSSR count). The van der Waals surface area contributed by atoms with Crippen LogP contribution in [0.15, 0.2) is 53.3 Å². The third kappa shape index (κ3) is 5.47. The van der Waals surface area contributed by atoms with Crippen LogP contribution in [0.2, 0.25) is 0 Å². The molecule has 0 aliphatic rings. The molecule has 1 aromatic carbocycles. The lowest BCUT2D eigenvalue weighted by Gasteiger charge is -2.08. The molecule has 2 aromatic rings. The minimum absolute atomic E-state index is 0.229. The minimum Gasteiger partial charge on any atom is -0.452 e. The van der Waals surface area contributed by atoms with E-state index in [-0.39, 0.29) is 6.54 Å². The number of carbonyl (C=O) groups is 3. The summed E-state index contributed by atoms with van der Waals surface area (Å²) in [4.78, 5) is 38.8. The zero-order valence-corrected chi connectivity index (χ0v) is 14.1. The third-order valence-electron chi connectivity index (χ3n) is 2.84. The van der Waals surface area contributed by atoms with Crippen LogP contribution < -0.4 is 10.6 Å². The summed E-state index contributed by atoms with van der Waals surface area (Å²) in [7, 11) is 0. The van der Waals surface area contributed by atoms with E-state index in [4.69, 9.17) is 4.74 Å². The van der Waals surface area contributed by atoms with Crippen molar-refractivity contribution in [3.63, 3.8) is 0 Å². The maximum atomic E-state index is 11.8. The van der Waals surface area contributed by atoms with E-state index in [1.165, 1.54) is 24.5 Å². The van der Waals surface area contributed by atoms with Crippen LogP contribution in [0.1, 0.15) is 10.4 Å². The van der Waals surface area contributed by atoms with E-state index in [9.17, 15) is 14.4 Å². The van der Waals surface area contributed by atoms with Crippen molar-refractivity contribution < 1.29 is 19.1 Å². The highest BCUT2D eigenvalue weighted by molar-refractivity contribution is 9.10. The quantitative estimate of drug-likeness (QED) is 0.731. The molecule has 7 nitrogen and oxygen atoms in total. The Morgan fingerprint density at radius 3 is 2.46 bits per heavy atom. The van der Waals surface area contributed by atoms with Gasteiger partial charge in [0.15, 0.2) is 6.61 Å². The number of esters is 1. The summed E-state index contributed by atoms with van der Waals surface area (Å²) in [5, 5.41) is 5.01. The monoisotopic (exact) mass is 391 g/mol. The zero-order chi connectivity index (χ0) is 17.4. The highest BCUT2D eigenvalue weighted by Gasteiger charge is 2.11. The summed E-state index contributed by atoms with van der Waals surface area (Å²) < 4.78 is 5.57. The lowest BCUT2D eigenvalue weighted by Crippen LogP contribution is -2.35. The Kier molecular flexibility index (Phi) is 6.44. The van der Waals surface area contributed by atoms with E-state index in [2.05, 4.69) is 31.5 Å². The van der Waals surface area contributed by atoms with Crippen LogP contribution in [-0.2, 0) is 14.3 Å². The van der Waals surface area contributed by atoms with Crippen LogP contribution in [0.3, 0.4) is 0 Å². The van der Waals surface area contributed by atoms with Crippen molar-refractivity contribution in [2.75, 3.05) is 18.5 Å². The van der Waals surface area contributed by atoms with Gasteiger partial charge in [0.25, 0.3) is 5.91 Å². The number of pyridine rings is 1. The number of ether oxygens (including phenoxy) is 1. The van der Waals surface area contributed by atoms with E-state index in [0.29, 0.717) is 11.3 Å². The first-order valence-electron chi connectivity index (χ1n) is 6.94. The van der Waals surface area contributed by atoms with Gasteiger partial charge in [-0.15, -0.1) is 0 Å². The minimum atomic E-state index is -0.634. The van der Waals surface area contributed by atoms with Crippen molar-refractivity contribution in [3.8, 4) is 0 Å². The van der Waals surface area contributed by atoms with Crippen LogP contribution in [0.4, 0.5) is 5.69 Å². The first-order valence-corrected chi connectivity index (χ1v) is 7.74. The number of hydrogen-bond acceptors (Lipinski definition) is 5. The number of nitrogens with one attached hydrogen (secondary N) is 2. The number of carbonyl (C=O) groups excluding carboxylic acids is 3. The number of benzene rings is 1. The molecule has 8 heteroatoms. The number of anilines is 1. The standard InChI is InChI=1S/C16H14BrN3O4/c17-12-3-1-2-4-13(12)20-14(21)9-19-15(22)10-24-16(23)11-5-7-18-8-6-11/h1-8H,9-10H2,(H,19,22)(H,20,21). The number of rotatable bonds is 6. The normalized spacial score (nSPS) is 9.88. The molecule has 0 bridgehead atoms. The number of amides is 2. The van der Waals surface area contributed by atoms with E-state index in [1.807, 2.05) is 6.07 Å². The summed E-state index contributed by atoms with van der Waals surface area (Å²) in [6, 6.07) is 10.1. The fourth-order valence-corrected chi connectivity index (χ4v) is 2.07. The predicted molar refractivity (Wildman–Crippen MR) is 90.3 cm³/mol. The number of halogens is 1. The van der Waals surface area contributed by atoms with Crippen LogP contribution >= 0.6 is 15.9 Å². The largest absolute Gasteiger partial charge is 0.452 e. The van der Waals surface area contributed by atoms with Gasteiger partial charge in [-0.2, -0.15) is 0 Å². The van der Waals surface area contributed by atoms with Crippen LogP contribution in [-0.4, -0.2) is 35.9 Å². The van der Waals surface area contributed by atoms with E-state index < -0.39 is 24.4 Å². The van der Waals surface area contributed by atoms with Crippen LogP contribution in [0.25, 0.3) is 0 Å². The smallest absolute Gasteiger partial charge is 0.338 e. The van der Waals surface area contributed by atoms with Gasteiger partial charge in [-0.25, -0.2) is 4.79 Å². The molecule has 0 aliphatic heterocycles. The summed E-state index contributed by atoms with van der Waals surface area (Å²) in [6.45, 7) is -0.698. The number of aromatic nitrogens is 1. The summed E-state index contributed by atoms with van der Waals surface area (Å²) >= 11 is 3.30. The second-order valence-electron chi connectivity index (χ2n) is 4.62. The Bertz CT molecular complexity index is 737.